The van der Waals surface area contributed by atoms with Crippen LogP contribution in [-0.4, -0.2) is 19.4 Å². The summed E-state index contributed by atoms with van der Waals surface area (Å²) in [4.78, 5) is 16.1. The van der Waals surface area contributed by atoms with E-state index in [0.29, 0.717) is 17.9 Å². The predicted molar refractivity (Wildman–Crippen MR) is 113 cm³/mol. The van der Waals surface area contributed by atoms with Crippen molar-refractivity contribution in [2.45, 2.75) is 25.3 Å². The van der Waals surface area contributed by atoms with Crippen LogP contribution in [0.15, 0.2) is 71.9 Å². The standard InChI is InChI=1S/C21H22N4O3S/c1-15-5-6-19(12-16(15)2)25-29(27,28)20-9-7-18(8-10-20)24-21(26)23-14-17-4-3-11-22-13-17/h3-13,25H,14H2,1-2H3,(H2,23,24,26). The molecule has 0 fully saturated rings. The predicted octanol–water partition coefficient (Wildman–Crippen LogP) is 3.82. The average Bonchev–Trinajstić information content (AvgIpc) is 2.70. The smallest absolute Gasteiger partial charge is 0.319 e. The van der Waals surface area contributed by atoms with E-state index in [0.717, 1.165) is 16.7 Å². The highest BCUT2D eigenvalue weighted by molar-refractivity contribution is 7.92. The minimum absolute atomic E-state index is 0.108. The molecule has 0 radical (unpaired) electrons. The van der Waals surface area contributed by atoms with Crippen molar-refractivity contribution in [3.8, 4) is 0 Å². The van der Waals surface area contributed by atoms with Gasteiger partial charge in [-0.25, -0.2) is 13.2 Å². The third kappa shape index (κ3) is 5.55. The van der Waals surface area contributed by atoms with Crippen LogP contribution in [0.3, 0.4) is 0 Å². The van der Waals surface area contributed by atoms with Crippen molar-refractivity contribution in [2.24, 2.45) is 0 Å². The van der Waals surface area contributed by atoms with E-state index in [1.54, 1.807) is 42.7 Å². The Hall–Kier alpha value is -3.39. The number of aromatic nitrogens is 1. The van der Waals surface area contributed by atoms with Gasteiger partial charge in [0.1, 0.15) is 0 Å². The molecular weight excluding hydrogens is 388 g/mol. The molecule has 0 unspecified atom stereocenters. The Morgan fingerprint density at radius 2 is 1.69 bits per heavy atom. The lowest BCUT2D eigenvalue weighted by Crippen LogP contribution is -2.28. The quantitative estimate of drug-likeness (QED) is 0.575. The highest BCUT2D eigenvalue weighted by Crippen LogP contribution is 2.20. The molecule has 0 atom stereocenters. The summed E-state index contributed by atoms with van der Waals surface area (Å²) >= 11 is 0. The van der Waals surface area contributed by atoms with Crippen LogP contribution in [0.1, 0.15) is 16.7 Å². The molecule has 2 aromatic carbocycles. The van der Waals surface area contributed by atoms with Crippen molar-refractivity contribution < 1.29 is 13.2 Å². The maximum atomic E-state index is 12.6. The highest BCUT2D eigenvalue weighted by atomic mass is 32.2. The number of nitrogens with zero attached hydrogens (tertiary/aromatic N) is 1. The van der Waals surface area contributed by atoms with Gasteiger partial charge in [0.25, 0.3) is 10.0 Å². The first kappa shape index (κ1) is 20.3. The van der Waals surface area contributed by atoms with Gasteiger partial charge in [-0.15, -0.1) is 0 Å². The SMILES string of the molecule is Cc1ccc(NS(=O)(=O)c2ccc(NC(=O)NCc3cccnc3)cc2)cc1C. The van der Waals surface area contributed by atoms with Crippen LogP contribution in [0.2, 0.25) is 0 Å². The van der Waals surface area contributed by atoms with E-state index in [4.69, 9.17) is 0 Å². The third-order valence-electron chi connectivity index (χ3n) is 4.36. The zero-order valence-corrected chi connectivity index (χ0v) is 17.0. The van der Waals surface area contributed by atoms with E-state index in [2.05, 4.69) is 20.3 Å². The summed E-state index contributed by atoms with van der Waals surface area (Å²) in [7, 11) is -3.72. The van der Waals surface area contributed by atoms with E-state index >= 15 is 0 Å². The molecule has 3 aromatic rings. The molecule has 0 aliphatic carbocycles. The van der Waals surface area contributed by atoms with Crippen LogP contribution < -0.4 is 15.4 Å². The fourth-order valence-corrected chi connectivity index (χ4v) is 3.65. The lowest BCUT2D eigenvalue weighted by Gasteiger charge is -2.11. The van der Waals surface area contributed by atoms with Crippen LogP contribution in [-0.2, 0) is 16.6 Å². The second-order valence-corrected chi connectivity index (χ2v) is 8.28. The molecule has 0 saturated carbocycles. The minimum Gasteiger partial charge on any atom is -0.334 e. The Kier molecular flexibility index (Phi) is 6.13. The van der Waals surface area contributed by atoms with Crippen molar-refractivity contribution in [3.05, 3.63) is 83.7 Å². The molecule has 150 valence electrons. The van der Waals surface area contributed by atoms with Crippen molar-refractivity contribution in [3.63, 3.8) is 0 Å². The molecule has 3 rings (SSSR count). The first-order valence-electron chi connectivity index (χ1n) is 8.97. The molecule has 2 amide bonds. The van der Waals surface area contributed by atoms with Gasteiger partial charge in [0.2, 0.25) is 0 Å². The molecule has 0 aliphatic rings. The first-order valence-corrected chi connectivity index (χ1v) is 10.5. The number of benzene rings is 2. The Balaban J connectivity index is 1.61. The minimum atomic E-state index is -3.72. The van der Waals surface area contributed by atoms with Gasteiger partial charge in [0.05, 0.1) is 4.90 Å². The van der Waals surface area contributed by atoms with Gasteiger partial charge in [-0.3, -0.25) is 9.71 Å². The molecule has 0 saturated heterocycles. The second kappa shape index (κ2) is 8.74. The summed E-state index contributed by atoms with van der Waals surface area (Å²) in [6.45, 7) is 4.23. The normalized spacial score (nSPS) is 11.0. The van der Waals surface area contributed by atoms with Crippen LogP contribution in [0.5, 0.6) is 0 Å². The highest BCUT2D eigenvalue weighted by Gasteiger charge is 2.14. The van der Waals surface area contributed by atoms with Crippen molar-refractivity contribution >= 4 is 27.4 Å². The number of rotatable bonds is 6. The van der Waals surface area contributed by atoms with Crippen LogP contribution in [0.4, 0.5) is 16.2 Å². The zero-order chi connectivity index (χ0) is 20.9. The van der Waals surface area contributed by atoms with Gasteiger partial charge in [-0.05, 0) is 73.0 Å². The molecule has 1 aromatic heterocycles. The first-order chi connectivity index (χ1) is 13.8. The van der Waals surface area contributed by atoms with Gasteiger partial charge in [0.15, 0.2) is 0 Å². The van der Waals surface area contributed by atoms with Gasteiger partial charge in [-0.2, -0.15) is 0 Å². The average molecular weight is 410 g/mol. The fraction of sp³-hybridized carbons (Fsp3) is 0.143. The topological polar surface area (TPSA) is 100 Å². The number of hydrogen-bond donors (Lipinski definition) is 3. The molecule has 1 heterocycles. The largest absolute Gasteiger partial charge is 0.334 e. The summed E-state index contributed by atoms with van der Waals surface area (Å²) in [5, 5.41) is 5.38. The summed E-state index contributed by atoms with van der Waals surface area (Å²) in [5.74, 6) is 0. The number of pyridine rings is 1. The molecule has 0 aliphatic heterocycles. The molecule has 29 heavy (non-hydrogen) atoms. The molecule has 0 spiro atoms. The zero-order valence-electron chi connectivity index (χ0n) is 16.1. The number of amides is 2. The summed E-state index contributed by atoms with van der Waals surface area (Å²) in [6.07, 6.45) is 3.33. The van der Waals surface area contributed by atoms with Crippen LogP contribution in [0.25, 0.3) is 0 Å². The molecule has 8 heteroatoms. The fourth-order valence-electron chi connectivity index (χ4n) is 2.60. The number of hydrogen-bond acceptors (Lipinski definition) is 4. The van der Waals surface area contributed by atoms with Gasteiger partial charge in [0, 0.05) is 30.3 Å². The molecular formula is C21H22N4O3S. The number of carbonyl (C=O) groups is 1. The van der Waals surface area contributed by atoms with E-state index in [-0.39, 0.29) is 4.90 Å². The van der Waals surface area contributed by atoms with E-state index in [9.17, 15) is 13.2 Å². The molecule has 7 nitrogen and oxygen atoms in total. The molecule has 3 N–H and O–H groups in total. The van der Waals surface area contributed by atoms with Crippen LogP contribution in [0, 0.1) is 13.8 Å². The van der Waals surface area contributed by atoms with Crippen molar-refractivity contribution in [1.29, 1.82) is 0 Å². The molecule has 0 bridgehead atoms. The van der Waals surface area contributed by atoms with Crippen molar-refractivity contribution in [1.82, 2.24) is 10.3 Å². The Morgan fingerprint density at radius 1 is 0.966 bits per heavy atom. The third-order valence-corrected chi connectivity index (χ3v) is 5.75. The van der Waals surface area contributed by atoms with E-state index in [1.807, 2.05) is 26.0 Å². The van der Waals surface area contributed by atoms with Gasteiger partial charge < -0.3 is 10.6 Å². The number of carbonyl (C=O) groups excluding carboxylic acids is 1. The van der Waals surface area contributed by atoms with Gasteiger partial charge >= 0.3 is 6.03 Å². The monoisotopic (exact) mass is 410 g/mol. The maximum Gasteiger partial charge on any atom is 0.319 e. The Morgan fingerprint density at radius 3 is 2.34 bits per heavy atom. The summed E-state index contributed by atoms with van der Waals surface area (Å²) < 4.78 is 27.7. The van der Waals surface area contributed by atoms with Crippen molar-refractivity contribution in [2.75, 3.05) is 10.0 Å². The number of aryl methyl sites for hydroxylation is 2. The van der Waals surface area contributed by atoms with E-state index in [1.165, 1.54) is 12.1 Å². The lowest BCUT2D eigenvalue weighted by atomic mass is 10.1. The summed E-state index contributed by atoms with van der Waals surface area (Å²) in [6, 6.07) is 14.6. The Bertz CT molecular complexity index is 1100. The Labute approximate surface area is 170 Å². The number of anilines is 2. The number of urea groups is 1. The van der Waals surface area contributed by atoms with Gasteiger partial charge in [-0.1, -0.05) is 12.1 Å². The number of nitrogens with one attached hydrogen (secondary N) is 3. The number of sulfonamides is 1. The van der Waals surface area contributed by atoms with E-state index < -0.39 is 16.1 Å². The lowest BCUT2D eigenvalue weighted by molar-refractivity contribution is 0.251. The van der Waals surface area contributed by atoms with Crippen LogP contribution >= 0.6 is 0 Å². The maximum absolute atomic E-state index is 12.6. The summed E-state index contributed by atoms with van der Waals surface area (Å²) in [5.41, 5.74) is 3.96. The second-order valence-electron chi connectivity index (χ2n) is 6.60.